The second kappa shape index (κ2) is 8.61. The molecule has 1 aliphatic carbocycles. The largest absolute Gasteiger partial charge is 0.361 e. The van der Waals surface area contributed by atoms with E-state index in [2.05, 4.69) is 10.3 Å². The molecule has 6 heteroatoms. The lowest BCUT2D eigenvalue weighted by molar-refractivity contribution is -0.121. The number of rotatable bonds is 6. The summed E-state index contributed by atoms with van der Waals surface area (Å²) in [7, 11) is 0. The van der Waals surface area contributed by atoms with Crippen LogP contribution in [0, 0.1) is 0 Å². The maximum atomic E-state index is 12.6. The van der Waals surface area contributed by atoms with Crippen LogP contribution in [0.2, 0.25) is 0 Å². The van der Waals surface area contributed by atoms with Crippen molar-refractivity contribution in [1.82, 2.24) is 15.2 Å². The molecule has 0 bridgehead atoms. The minimum absolute atomic E-state index is 0.0689. The molecule has 1 fully saturated rings. The Balaban J connectivity index is 1.27. The first-order valence-electron chi connectivity index (χ1n) is 11.4. The van der Waals surface area contributed by atoms with E-state index in [0.29, 0.717) is 36.6 Å². The van der Waals surface area contributed by atoms with Crippen molar-refractivity contribution < 1.29 is 14.4 Å². The summed E-state index contributed by atoms with van der Waals surface area (Å²) in [5.41, 5.74) is 3.93. The normalized spacial score (nSPS) is 16.6. The zero-order chi connectivity index (χ0) is 22.1. The summed E-state index contributed by atoms with van der Waals surface area (Å²) in [5, 5.41) is 4.21. The molecule has 3 amide bonds. The van der Waals surface area contributed by atoms with Gasteiger partial charge >= 0.3 is 0 Å². The van der Waals surface area contributed by atoms with Crippen LogP contribution < -0.4 is 5.32 Å². The average molecular weight is 430 g/mol. The fourth-order valence-corrected chi connectivity index (χ4v) is 4.93. The van der Waals surface area contributed by atoms with Crippen LogP contribution >= 0.6 is 0 Å². The molecule has 1 saturated carbocycles. The molecule has 0 atom stereocenters. The lowest BCUT2D eigenvalue weighted by Crippen LogP contribution is -2.37. The molecule has 164 valence electrons. The Morgan fingerprint density at radius 2 is 1.72 bits per heavy atom. The van der Waals surface area contributed by atoms with E-state index < -0.39 is 0 Å². The van der Waals surface area contributed by atoms with Gasteiger partial charge in [-0.05, 0) is 54.7 Å². The zero-order valence-electron chi connectivity index (χ0n) is 18.0. The third-order valence-electron chi connectivity index (χ3n) is 6.65. The summed E-state index contributed by atoms with van der Waals surface area (Å²) >= 11 is 0. The van der Waals surface area contributed by atoms with Gasteiger partial charge in [-0.1, -0.05) is 37.5 Å². The molecule has 5 rings (SSSR count). The molecule has 0 spiro atoms. The number of hydrogen-bond donors (Lipinski definition) is 2. The second-order valence-corrected chi connectivity index (χ2v) is 8.83. The number of nitrogens with zero attached hydrogens (tertiary/aromatic N) is 1. The van der Waals surface area contributed by atoms with Gasteiger partial charge in [0, 0.05) is 29.7 Å². The van der Waals surface area contributed by atoms with Gasteiger partial charge in [-0.15, -0.1) is 0 Å². The Kier molecular flexibility index (Phi) is 5.52. The van der Waals surface area contributed by atoms with Crippen molar-refractivity contribution in [3.8, 4) is 0 Å². The molecule has 6 nitrogen and oxygen atoms in total. The fourth-order valence-electron chi connectivity index (χ4n) is 4.93. The van der Waals surface area contributed by atoms with Crippen LogP contribution in [-0.2, 0) is 17.6 Å². The molecule has 2 N–H and O–H groups in total. The highest BCUT2D eigenvalue weighted by molar-refractivity contribution is 6.21. The predicted molar refractivity (Wildman–Crippen MR) is 123 cm³/mol. The molecule has 2 aromatic carbocycles. The second-order valence-electron chi connectivity index (χ2n) is 8.83. The Morgan fingerprint density at radius 3 is 2.44 bits per heavy atom. The Bertz CT molecular complexity index is 1160. The number of amides is 3. The van der Waals surface area contributed by atoms with E-state index >= 15 is 0 Å². The van der Waals surface area contributed by atoms with Crippen LogP contribution in [-0.4, -0.2) is 40.2 Å². The molecular weight excluding hydrogens is 402 g/mol. The highest BCUT2D eigenvalue weighted by atomic mass is 16.2. The van der Waals surface area contributed by atoms with E-state index in [4.69, 9.17) is 0 Å². The molecule has 1 aromatic heterocycles. The summed E-state index contributed by atoms with van der Waals surface area (Å²) in [6, 6.07) is 13.3. The topological polar surface area (TPSA) is 82.3 Å². The minimum Gasteiger partial charge on any atom is -0.361 e. The number of fused-ring (bicyclic) bond motifs is 2. The van der Waals surface area contributed by atoms with Gasteiger partial charge in [-0.2, -0.15) is 0 Å². The predicted octanol–water partition coefficient (Wildman–Crippen LogP) is 4.00. The zero-order valence-corrected chi connectivity index (χ0v) is 18.0. The lowest BCUT2D eigenvalue weighted by Gasteiger charge is -2.22. The quantitative estimate of drug-likeness (QED) is 0.581. The number of aromatic nitrogens is 1. The van der Waals surface area contributed by atoms with Gasteiger partial charge in [0.1, 0.15) is 0 Å². The number of aromatic amines is 1. The van der Waals surface area contributed by atoms with E-state index in [1.165, 1.54) is 24.2 Å². The van der Waals surface area contributed by atoms with Gasteiger partial charge in [0.25, 0.3) is 11.8 Å². The monoisotopic (exact) mass is 429 g/mol. The summed E-state index contributed by atoms with van der Waals surface area (Å²) in [4.78, 5) is 42.3. The summed E-state index contributed by atoms with van der Waals surface area (Å²) in [6.45, 7) is 0.325. The molecule has 3 aromatic rings. The maximum Gasteiger partial charge on any atom is 0.261 e. The van der Waals surface area contributed by atoms with Gasteiger partial charge in [0.15, 0.2) is 0 Å². The Morgan fingerprint density at radius 1 is 1.00 bits per heavy atom. The van der Waals surface area contributed by atoms with E-state index in [1.807, 2.05) is 24.4 Å². The van der Waals surface area contributed by atoms with E-state index in [-0.39, 0.29) is 17.7 Å². The van der Waals surface area contributed by atoms with Gasteiger partial charge in [0.05, 0.1) is 17.5 Å². The van der Waals surface area contributed by atoms with Gasteiger partial charge in [0.2, 0.25) is 5.91 Å². The van der Waals surface area contributed by atoms with E-state index in [0.717, 1.165) is 34.9 Å². The molecule has 0 unspecified atom stereocenters. The third kappa shape index (κ3) is 3.93. The van der Waals surface area contributed by atoms with Gasteiger partial charge in [-0.3, -0.25) is 19.3 Å². The number of H-pyrrole nitrogens is 1. The van der Waals surface area contributed by atoms with Crippen molar-refractivity contribution in [3.05, 3.63) is 70.9 Å². The summed E-state index contributed by atoms with van der Waals surface area (Å²) in [5.74, 6) is -0.393. The lowest BCUT2D eigenvalue weighted by atomic mass is 9.95. The van der Waals surface area contributed by atoms with Crippen molar-refractivity contribution in [3.63, 3.8) is 0 Å². The van der Waals surface area contributed by atoms with Gasteiger partial charge < -0.3 is 10.3 Å². The van der Waals surface area contributed by atoms with Crippen LogP contribution in [0.5, 0.6) is 0 Å². The first-order chi connectivity index (χ1) is 15.6. The van der Waals surface area contributed by atoms with Crippen LogP contribution in [0.3, 0.4) is 0 Å². The standard InChI is InChI=1S/C26H27N3O3/c30-24(28-19-6-2-1-3-7-19)15-17-10-11-23-22(14-17)18(16-27-23)12-13-29-25(31)20-8-4-5-9-21(20)26(29)32/h4-5,8-11,14,16,19,27H,1-3,6-7,12-13,15H2,(H,28,30). The number of benzene rings is 2. The summed E-state index contributed by atoms with van der Waals surface area (Å²) in [6.07, 6.45) is 8.63. The van der Waals surface area contributed by atoms with Gasteiger partial charge in [-0.25, -0.2) is 0 Å². The van der Waals surface area contributed by atoms with Crippen LogP contribution in [0.15, 0.2) is 48.7 Å². The maximum absolute atomic E-state index is 12.6. The number of imide groups is 1. The highest BCUT2D eigenvalue weighted by Crippen LogP contribution is 2.25. The average Bonchev–Trinajstić information content (AvgIpc) is 3.31. The molecule has 0 saturated heterocycles. The van der Waals surface area contributed by atoms with E-state index in [9.17, 15) is 14.4 Å². The smallest absolute Gasteiger partial charge is 0.261 e. The molecule has 2 aliphatic rings. The molecule has 32 heavy (non-hydrogen) atoms. The number of hydrogen-bond acceptors (Lipinski definition) is 3. The van der Waals surface area contributed by atoms with E-state index in [1.54, 1.807) is 24.3 Å². The SMILES string of the molecule is O=C(Cc1ccc2[nH]cc(CCN3C(=O)c4ccccc4C3=O)c2c1)NC1CCCCC1. The first kappa shape index (κ1) is 20.5. The van der Waals surface area contributed by atoms with Crippen molar-refractivity contribution >= 4 is 28.6 Å². The van der Waals surface area contributed by atoms with Crippen molar-refractivity contribution in [2.24, 2.45) is 0 Å². The van der Waals surface area contributed by atoms with Crippen LogP contribution in [0.4, 0.5) is 0 Å². The van der Waals surface area contributed by atoms with Crippen LogP contribution in [0.1, 0.15) is 63.9 Å². The molecule has 2 heterocycles. The highest BCUT2D eigenvalue weighted by Gasteiger charge is 2.34. The Hall–Kier alpha value is -3.41. The molecular formula is C26H27N3O3. The van der Waals surface area contributed by atoms with Crippen molar-refractivity contribution in [1.29, 1.82) is 0 Å². The number of nitrogens with one attached hydrogen (secondary N) is 2. The minimum atomic E-state index is -0.231. The Labute approximate surface area is 187 Å². The number of carbonyl (C=O) groups excluding carboxylic acids is 3. The summed E-state index contributed by atoms with van der Waals surface area (Å²) < 4.78 is 0. The van der Waals surface area contributed by atoms with Crippen molar-refractivity contribution in [2.45, 2.75) is 51.0 Å². The van der Waals surface area contributed by atoms with Crippen LogP contribution in [0.25, 0.3) is 10.9 Å². The fraction of sp³-hybridized carbons (Fsp3) is 0.346. The molecule has 1 aliphatic heterocycles. The number of carbonyl (C=O) groups is 3. The first-order valence-corrected chi connectivity index (χ1v) is 11.4. The molecule has 0 radical (unpaired) electrons. The third-order valence-corrected chi connectivity index (χ3v) is 6.65. The van der Waals surface area contributed by atoms with Crippen molar-refractivity contribution in [2.75, 3.05) is 6.54 Å².